The number of benzene rings is 1. The van der Waals surface area contributed by atoms with Crippen molar-refractivity contribution >= 4 is 17.3 Å². The van der Waals surface area contributed by atoms with Crippen LogP contribution in [0.1, 0.15) is 12.8 Å². The molecular formula is C14H16ClN3O. The minimum atomic E-state index is 0.301. The summed E-state index contributed by atoms with van der Waals surface area (Å²) >= 11 is 6.30. The van der Waals surface area contributed by atoms with Gasteiger partial charge in [-0.2, -0.15) is 0 Å². The summed E-state index contributed by atoms with van der Waals surface area (Å²) in [5.74, 6) is 0. The molecular weight excluding hydrogens is 262 g/mol. The Hall–Kier alpha value is -1.52. The minimum Gasteiger partial charge on any atom is -0.381 e. The van der Waals surface area contributed by atoms with Crippen LogP contribution in [-0.4, -0.2) is 28.8 Å². The number of nitrogens with one attached hydrogen (secondary N) is 1. The molecule has 1 aliphatic heterocycles. The summed E-state index contributed by atoms with van der Waals surface area (Å²) in [6, 6.07) is 5.85. The smallest absolute Gasteiger partial charge is 0.0992 e. The van der Waals surface area contributed by atoms with E-state index in [4.69, 9.17) is 16.3 Å². The maximum atomic E-state index is 6.30. The highest BCUT2D eigenvalue weighted by atomic mass is 35.5. The first-order chi connectivity index (χ1) is 9.34. The highest BCUT2D eigenvalue weighted by Crippen LogP contribution is 2.28. The quantitative estimate of drug-likeness (QED) is 0.933. The van der Waals surface area contributed by atoms with Crippen LogP contribution < -0.4 is 5.32 Å². The molecule has 2 aromatic rings. The number of rotatable bonds is 4. The maximum absolute atomic E-state index is 6.30. The van der Waals surface area contributed by atoms with E-state index in [-0.39, 0.29) is 0 Å². The fraction of sp³-hybridized carbons (Fsp3) is 0.357. The fourth-order valence-corrected chi connectivity index (χ4v) is 2.61. The molecule has 1 unspecified atom stereocenters. The summed E-state index contributed by atoms with van der Waals surface area (Å²) in [6.45, 7) is 1.68. The molecule has 1 atom stereocenters. The van der Waals surface area contributed by atoms with Gasteiger partial charge in [0.05, 0.1) is 28.8 Å². The van der Waals surface area contributed by atoms with Gasteiger partial charge in [-0.1, -0.05) is 17.7 Å². The van der Waals surface area contributed by atoms with Crippen LogP contribution in [0, 0.1) is 0 Å². The Morgan fingerprint density at radius 3 is 3.16 bits per heavy atom. The second kappa shape index (κ2) is 5.63. The topological polar surface area (TPSA) is 39.1 Å². The molecule has 1 fully saturated rings. The van der Waals surface area contributed by atoms with Gasteiger partial charge in [-0.25, -0.2) is 4.98 Å². The standard InChI is InChI=1S/C14H16ClN3O/c15-12-4-1-5-13(14(12)18-7-6-16-10-18)17-9-11-3-2-8-19-11/h1,4-7,10-11,17H,2-3,8-9H2. The van der Waals surface area contributed by atoms with Crippen molar-refractivity contribution in [2.75, 3.05) is 18.5 Å². The normalized spacial score (nSPS) is 18.7. The fourth-order valence-electron chi connectivity index (χ4n) is 2.34. The third-order valence-corrected chi connectivity index (χ3v) is 3.60. The predicted octanol–water partition coefficient (Wildman–Crippen LogP) is 3.12. The molecule has 0 aliphatic carbocycles. The van der Waals surface area contributed by atoms with Gasteiger partial charge in [0.25, 0.3) is 0 Å². The Balaban J connectivity index is 1.82. The molecule has 0 saturated carbocycles. The summed E-state index contributed by atoms with van der Waals surface area (Å²) in [7, 11) is 0. The lowest BCUT2D eigenvalue weighted by Crippen LogP contribution is -2.19. The monoisotopic (exact) mass is 277 g/mol. The SMILES string of the molecule is Clc1cccc(NCC2CCCO2)c1-n1ccnc1. The molecule has 3 rings (SSSR count). The van der Waals surface area contributed by atoms with Gasteiger partial charge in [0, 0.05) is 25.5 Å². The number of para-hydroxylation sites is 1. The first kappa shape index (κ1) is 12.5. The molecule has 4 nitrogen and oxygen atoms in total. The van der Waals surface area contributed by atoms with Gasteiger partial charge in [0.1, 0.15) is 0 Å². The van der Waals surface area contributed by atoms with Crippen LogP contribution in [-0.2, 0) is 4.74 Å². The van der Waals surface area contributed by atoms with E-state index in [2.05, 4.69) is 10.3 Å². The number of aromatic nitrogens is 2. The maximum Gasteiger partial charge on any atom is 0.0992 e. The number of halogens is 1. The van der Waals surface area contributed by atoms with Crippen LogP contribution in [0.4, 0.5) is 5.69 Å². The highest BCUT2D eigenvalue weighted by Gasteiger charge is 2.16. The number of imidazole rings is 1. The predicted molar refractivity (Wildman–Crippen MR) is 76.0 cm³/mol. The molecule has 0 bridgehead atoms. The third-order valence-electron chi connectivity index (χ3n) is 3.29. The second-order valence-corrected chi connectivity index (χ2v) is 5.03. The number of hydrogen-bond donors (Lipinski definition) is 1. The van der Waals surface area contributed by atoms with E-state index in [1.807, 2.05) is 29.0 Å². The van der Waals surface area contributed by atoms with E-state index in [0.717, 1.165) is 37.4 Å². The van der Waals surface area contributed by atoms with Crippen LogP contribution in [0.15, 0.2) is 36.9 Å². The highest BCUT2D eigenvalue weighted by molar-refractivity contribution is 6.33. The zero-order valence-electron chi connectivity index (χ0n) is 10.6. The van der Waals surface area contributed by atoms with Crippen molar-refractivity contribution in [2.24, 2.45) is 0 Å². The number of anilines is 1. The summed E-state index contributed by atoms with van der Waals surface area (Å²) in [5.41, 5.74) is 1.93. The molecule has 0 amide bonds. The molecule has 0 spiro atoms. The van der Waals surface area contributed by atoms with Crippen molar-refractivity contribution in [1.82, 2.24) is 9.55 Å². The zero-order valence-corrected chi connectivity index (χ0v) is 11.3. The average Bonchev–Trinajstić information content (AvgIpc) is 3.09. The van der Waals surface area contributed by atoms with Gasteiger partial charge in [0.2, 0.25) is 0 Å². The molecule has 1 aromatic carbocycles. The summed E-state index contributed by atoms with van der Waals surface area (Å²) in [6.07, 6.45) is 7.95. The number of hydrogen-bond acceptors (Lipinski definition) is 3. The molecule has 1 saturated heterocycles. The molecule has 19 heavy (non-hydrogen) atoms. The Morgan fingerprint density at radius 2 is 2.42 bits per heavy atom. The van der Waals surface area contributed by atoms with Gasteiger partial charge in [-0.05, 0) is 25.0 Å². The molecule has 1 aromatic heterocycles. The molecule has 5 heteroatoms. The van der Waals surface area contributed by atoms with Crippen LogP contribution in [0.3, 0.4) is 0 Å². The lowest BCUT2D eigenvalue weighted by atomic mass is 10.2. The van der Waals surface area contributed by atoms with E-state index in [1.165, 1.54) is 0 Å². The molecule has 1 N–H and O–H groups in total. The molecule has 100 valence electrons. The van der Waals surface area contributed by atoms with Crippen molar-refractivity contribution in [2.45, 2.75) is 18.9 Å². The molecule has 2 heterocycles. The van der Waals surface area contributed by atoms with Crippen LogP contribution in [0.2, 0.25) is 5.02 Å². The van der Waals surface area contributed by atoms with E-state index in [0.29, 0.717) is 11.1 Å². The van der Waals surface area contributed by atoms with Gasteiger partial charge in [-0.3, -0.25) is 0 Å². The summed E-state index contributed by atoms with van der Waals surface area (Å²) < 4.78 is 7.54. The molecule has 1 aliphatic rings. The second-order valence-electron chi connectivity index (χ2n) is 4.62. The molecule has 0 radical (unpaired) electrons. The van der Waals surface area contributed by atoms with Gasteiger partial charge in [0.15, 0.2) is 0 Å². The third kappa shape index (κ3) is 2.74. The summed E-state index contributed by atoms with van der Waals surface area (Å²) in [5, 5.41) is 4.13. The first-order valence-electron chi connectivity index (χ1n) is 6.47. The van der Waals surface area contributed by atoms with E-state index >= 15 is 0 Å². The largest absolute Gasteiger partial charge is 0.381 e. The number of nitrogens with zero attached hydrogens (tertiary/aromatic N) is 2. The van der Waals surface area contributed by atoms with Crippen LogP contribution in [0.5, 0.6) is 0 Å². The lowest BCUT2D eigenvalue weighted by molar-refractivity contribution is 0.120. The van der Waals surface area contributed by atoms with E-state index in [1.54, 1.807) is 12.5 Å². The summed E-state index contributed by atoms with van der Waals surface area (Å²) in [4.78, 5) is 4.07. The van der Waals surface area contributed by atoms with E-state index in [9.17, 15) is 0 Å². The van der Waals surface area contributed by atoms with Crippen molar-refractivity contribution < 1.29 is 4.74 Å². The van der Waals surface area contributed by atoms with Crippen molar-refractivity contribution in [3.05, 3.63) is 41.9 Å². The Labute approximate surface area is 117 Å². The van der Waals surface area contributed by atoms with Gasteiger partial charge >= 0.3 is 0 Å². The van der Waals surface area contributed by atoms with Crippen LogP contribution in [0.25, 0.3) is 5.69 Å². The Morgan fingerprint density at radius 1 is 1.47 bits per heavy atom. The number of ether oxygens (including phenoxy) is 1. The van der Waals surface area contributed by atoms with Crippen LogP contribution >= 0.6 is 11.6 Å². The van der Waals surface area contributed by atoms with Crippen molar-refractivity contribution in [3.63, 3.8) is 0 Å². The van der Waals surface area contributed by atoms with Gasteiger partial charge < -0.3 is 14.6 Å². The lowest BCUT2D eigenvalue weighted by Gasteiger charge is -2.16. The van der Waals surface area contributed by atoms with Crippen molar-refractivity contribution in [1.29, 1.82) is 0 Å². The first-order valence-corrected chi connectivity index (χ1v) is 6.85. The minimum absolute atomic E-state index is 0.301. The Bertz CT molecular complexity index is 536. The average molecular weight is 278 g/mol. The van der Waals surface area contributed by atoms with E-state index < -0.39 is 0 Å². The van der Waals surface area contributed by atoms with Crippen molar-refractivity contribution in [3.8, 4) is 5.69 Å². The Kier molecular flexibility index (Phi) is 3.71. The van der Waals surface area contributed by atoms with Gasteiger partial charge in [-0.15, -0.1) is 0 Å². The zero-order chi connectivity index (χ0) is 13.1.